The summed E-state index contributed by atoms with van der Waals surface area (Å²) in [5.74, 6) is -0.0592. The van der Waals surface area contributed by atoms with Crippen molar-refractivity contribution in [2.75, 3.05) is 7.11 Å². The molecule has 0 spiro atoms. The molecule has 0 aliphatic heterocycles. The minimum atomic E-state index is -3.03. The Kier molecular flexibility index (Phi) is 7.08. The number of para-hydroxylation sites is 1. The third-order valence-corrected chi connectivity index (χ3v) is 3.20. The minimum Gasteiger partial charge on any atom is -0.493 e. The van der Waals surface area contributed by atoms with Crippen LogP contribution < -0.4 is 14.8 Å². The number of ether oxygens (including phenoxy) is 2. The van der Waals surface area contributed by atoms with E-state index in [0.717, 1.165) is 12.8 Å². The molecular weight excluding hydrogens is 292 g/mol. The highest BCUT2D eigenvalue weighted by atomic mass is 19.3. The van der Waals surface area contributed by atoms with Gasteiger partial charge < -0.3 is 14.8 Å². The Hall–Kier alpha value is -1.85. The summed E-state index contributed by atoms with van der Waals surface area (Å²) in [6.07, 6.45) is 1.79. The number of amides is 1. The molecule has 22 heavy (non-hydrogen) atoms. The molecule has 1 aromatic carbocycles. The fourth-order valence-corrected chi connectivity index (χ4v) is 2.02. The summed E-state index contributed by atoms with van der Waals surface area (Å²) in [7, 11) is 1.33. The Morgan fingerprint density at radius 3 is 2.45 bits per heavy atom. The molecule has 0 aliphatic carbocycles. The Morgan fingerprint density at radius 1 is 1.23 bits per heavy atom. The molecule has 1 N–H and O–H groups in total. The van der Waals surface area contributed by atoms with E-state index in [0.29, 0.717) is 5.92 Å². The smallest absolute Gasteiger partial charge is 0.387 e. The third kappa shape index (κ3) is 5.50. The number of carbonyl (C=O) groups is 1. The monoisotopic (exact) mass is 315 g/mol. The van der Waals surface area contributed by atoms with Crippen molar-refractivity contribution in [2.24, 2.45) is 5.92 Å². The summed E-state index contributed by atoms with van der Waals surface area (Å²) in [6.45, 7) is 3.06. The average molecular weight is 315 g/mol. The third-order valence-electron chi connectivity index (χ3n) is 3.20. The number of halogens is 2. The lowest BCUT2D eigenvalue weighted by Gasteiger charge is -2.18. The van der Waals surface area contributed by atoms with Crippen molar-refractivity contribution >= 4 is 5.91 Å². The Labute approximate surface area is 129 Å². The minimum absolute atomic E-state index is 0.0380. The maximum Gasteiger partial charge on any atom is 0.387 e. The van der Waals surface area contributed by atoms with Gasteiger partial charge in [0.05, 0.1) is 12.7 Å². The standard InChI is InChI=1S/C16H23F2NO3/c1-10(2)8-9-11(3)19-15(20)12-6-5-7-13(21-4)14(12)22-16(17)18/h5-7,10-11,16H,8-9H2,1-4H3,(H,19,20). The number of hydrogen-bond acceptors (Lipinski definition) is 3. The lowest BCUT2D eigenvalue weighted by molar-refractivity contribution is -0.0515. The van der Waals surface area contributed by atoms with Crippen molar-refractivity contribution in [3.63, 3.8) is 0 Å². The molecule has 0 saturated heterocycles. The fraction of sp³-hybridized carbons (Fsp3) is 0.562. The van der Waals surface area contributed by atoms with Gasteiger partial charge in [-0.25, -0.2) is 0 Å². The van der Waals surface area contributed by atoms with Crippen LogP contribution in [0.15, 0.2) is 18.2 Å². The second kappa shape index (κ2) is 8.56. The van der Waals surface area contributed by atoms with Crippen LogP contribution in [0.1, 0.15) is 44.0 Å². The van der Waals surface area contributed by atoms with Crippen LogP contribution in [0.3, 0.4) is 0 Å². The highest BCUT2D eigenvalue weighted by Crippen LogP contribution is 2.32. The molecule has 6 heteroatoms. The zero-order chi connectivity index (χ0) is 16.7. The maximum atomic E-state index is 12.5. The van der Waals surface area contributed by atoms with E-state index in [4.69, 9.17) is 4.74 Å². The molecule has 0 fully saturated rings. The molecule has 1 amide bonds. The molecule has 0 bridgehead atoms. The van der Waals surface area contributed by atoms with Crippen molar-refractivity contribution < 1.29 is 23.0 Å². The van der Waals surface area contributed by atoms with E-state index < -0.39 is 12.5 Å². The Morgan fingerprint density at radius 2 is 1.91 bits per heavy atom. The normalized spacial score (nSPS) is 12.4. The lowest BCUT2D eigenvalue weighted by Crippen LogP contribution is -2.33. The van der Waals surface area contributed by atoms with Crippen LogP contribution in [0.4, 0.5) is 8.78 Å². The molecule has 1 unspecified atom stereocenters. The van der Waals surface area contributed by atoms with Gasteiger partial charge in [-0.05, 0) is 37.8 Å². The number of hydrogen-bond donors (Lipinski definition) is 1. The van der Waals surface area contributed by atoms with Gasteiger partial charge in [0.2, 0.25) is 0 Å². The predicted molar refractivity (Wildman–Crippen MR) is 80.6 cm³/mol. The maximum absolute atomic E-state index is 12.5. The zero-order valence-electron chi connectivity index (χ0n) is 13.4. The van der Waals surface area contributed by atoms with Crippen molar-refractivity contribution in [3.8, 4) is 11.5 Å². The first kappa shape index (κ1) is 18.2. The molecule has 1 atom stereocenters. The summed E-state index contributed by atoms with van der Waals surface area (Å²) in [6, 6.07) is 4.41. The highest BCUT2D eigenvalue weighted by molar-refractivity contribution is 5.98. The van der Waals surface area contributed by atoms with Crippen molar-refractivity contribution in [2.45, 2.75) is 46.3 Å². The summed E-state index contributed by atoms with van der Waals surface area (Å²) < 4.78 is 34.5. The van der Waals surface area contributed by atoms with Crippen molar-refractivity contribution in [3.05, 3.63) is 23.8 Å². The lowest BCUT2D eigenvalue weighted by atomic mass is 10.0. The van der Waals surface area contributed by atoms with E-state index in [-0.39, 0.29) is 23.1 Å². The van der Waals surface area contributed by atoms with Crippen LogP contribution in [0, 0.1) is 5.92 Å². The molecule has 1 rings (SSSR count). The number of nitrogens with one attached hydrogen (secondary N) is 1. The SMILES string of the molecule is COc1cccc(C(=O)NC(C)CCC(C)C)c1OC(F)F. The van der Waals surface area contributed by atoms with Gasteiger partial charge in [-0.15, -0.1) is 0 Å². The van der Waals surface area contributed by atoms with Crippen LogP contribution in [-0.2, 0) is 0 Å². The fourth-order valence-electron chi connectivity index (χ4n) is 2.02. The molecule has 0 saturated carbocycles. The Balaban J connectivity index is 2.88. The first-order valence-corrected chi connectivity index (χ1v) is 7.27. The van der Waals surface area contributed by atoms with Crippen LogP contribution in [-0.4, -0.2) is 25.7 Å². The molecule has 4 nitrogen and oxygen atoms in total. The highest BCUT2D eigenvalue weighted by Gasteiger charge is 2.21. The molecule has 0 aliphatic rings. The van der Waals surface area contributed by atoms with Gasteiger partial charge in [-0.1, -0.05) is 19.9 Å². The molecule has 124 valence electrons. The van der Waals surface area contributed by atoms with Gasteiger partial charge >= 0.3 is 6.61 Å². The number of benzene rings is 1. The van der Waals surface area contributed by atoms with E-state index in [1.165, 1.54) is 19.2 Å². The first-order valence-electron chi connectivity index (χ1n) is 7.27. The summed E-state index contributed by atoms with van der Waals surface area (Å²) >= 11 is 0. The van der Waals surface area contributed by atoms with Gasteiger partial charge in [-0.3, -0.25) is 4.79 Å². The summed E-state index contributed by atoms with van der Waals surface area (Å²) in [5, 5.41) is 2.80. The zero-order valence-corrected chi connectivity index (χ0v) is 13.4. The van der Waals surface area contributed by atoms with Gasteiger partial charge in [0.1, 0.15) is 0 Å². The second-order valence-corrected chi connectivity index (χ2v) is 5.56. The summed E-state index contributed by atoms with van der Waals surface area (Å²) in [5.41, 5.74) is 0.0380. The van der Waals surface area contributed by atoms with E-state index in [1.54, 1.807) is 6.07 Å². The molecular formula is C16H23F2NO3. The molecule has 1 aromatic rings. The van der Waals surface area contributed by atoms with E-state index in [2.05, 4.69) is 23.9 Å². The van der Waals surface area contributed by atoms with E-state index >= 15 is 0 Å². The number of alkyl halides is 2. The largest absolute Gasteiger partial charge is 0.493 e. The average Bonchev–Trinajstić information content (AvgIpc) is 2.44. The molecule has 0 aromatic heterocycles. The predicted octanol–water partition coefficient (Wildman–Crippen LogP) is 3.85. The Bertz CT molecular complexity index is 492. The van der Waals surface area contributed by atoms with Crippen LogP contribution in [0.5, 0.6) is 11.5 Å². The first-order chi connectivity index (χ1) is 10.3. The number of rotatable bonds is 8. The van der Waals surface area contributed by atoms with Gasteiger partial charge in [-0.2, -0.15) is 8.78 Å². The van der Waals surface area contributed by atoms with Crippen molar-refractivity contribution in [1.82, 2.24) is 5.32 Å². The van der Waals surface area contributed by atoms with Crippen LogP contribution in [0.25, 0.3) is 0 Å². The topological polar surface area (TPSA) is 47.6 Å². The second-order valence-electron chi connectivity index (χ2n) is 5.56. The van der Waals surface area contributed by atoms with E-state index in [9.17, 15) is 13.6 Å². The molecule has 0 radical (unpaired) electrons. The number of methoxy groups -OCH3 is 1. The van der Waals surface area contributed by atoms with Crippen LogP contribution in [0.2, 0.25) is 0 Å². The van der Waals surface area contributed by atoms with Crippen molar-refractivity contribution in [1.29, 1.82) is 0 Å². The quantitative estimate of drug-likeness (QED) is 0.792. The van der Waals surface area contributed by atoms with Gasteiger partial charge in [0, 0.05) is 6.04 Å². The summed E-state index contributed by atoms with van der Waals surface area (Å²) in [4.78, 5) is 12.3. The van der Waals surface area contributed by atoms with Crippen LogP contribution >= 0.6 is 0 Å². The number of carbonyl (C=O) groups excluding carboxylic acids is 1. The van der Waals surface area contributed by atoms with Gasteiger partial charge in [0.25, 0.3) is 5.91 Å². The van der Waals surface area contributed by atoms with E-state index in [1.807, 2.05) is 6.92 Å². The molecule has 0 heterocycles. The van der Waals surface area contributed by atoms with Gasteiger partial charge in [0.15, 0.2) is 11.5 Å².